The monoisotopic (exact) mass is 252 g/mol. The van der Waals surface area contributed by atoms with E-state index in [2.05, 4.69) is 4.98 Å². The van der Waals surface area contributed by atoms with Crippen molar-refractivity contribution >= 4 is 5.97 Å². The van der Waals surface area contributed by atoms with E-state index in [-0.39, 0.29) is 11.5 Å². The molecular weight excluding hydrogens is 232 g/mol. The van der Waals surface area contributed by atoms with Gasteiger partial charge in [0.1, 0.15) is 6.61 Å². The fraction of sp³-hybridized carbons (Fsp3) is 0.538. The van der Waals surface area contributed by atoms with Crippen LogP contribution in [0.4, 0.5) is 0 Å². The van der Waals surface area contributed by atoms with E-state index in [1.807, 2.05) is 32.8 Å². The predicted octanol–water partition coefficient (Wildman–Crippen LogP) is 1.84. The average molecular weight is 252 g/mol. The fourth-order valence-electron chi connectivity index (χ4n) is 1.35. The van der Waals surface area contributed by atoms with Crippen molar-refractivity contribution in [1.82, 2.24) is 9.88 Å². The molecule has 5 heteroatoms. The summed E-state index contributed by atoms with van der Waals surface area (Å²) in [5.74, 6) is -0.419. The molecule has 1 N–H and O–H groups in total. The van der Waals surface area contributed by atoms with Gasteiger partial charge in [0.05, 0.1) is 5.56 Å². The molecule has 1 aromatic heterocycles. The van der Waals surface area contributed by atoms with Crippen LogP contribution in [0.2, 0.25) is 0 Å². The summed E-state index contributed by atoms with van der Waals surface area (Å²) in [5, 5.41) is 9.04. The number of carboxylic acids is 1. The summed E-state index contributed by atoms with van der Waals surface area (Å²) < 4.78 is 5.48. The van der Waals surface area contributed by atoms with E-state index in [9.17, 15) is 4.79 Å². The van der Waals surface area contributed by atoms with Crippen molar-refractivity contribution in [3.8, 4) is 5.88 Å². The minimum atomic E-state index is -0.961. The van der Waals surface area contributed by atoms with E-state index < -0.39 is 5.97 Å². The molecule has 0 fully saturated rings. The summed E-state index contributed by atoms with van der Waals surface area (Å²) in [7, 11) is 3.90. The van der Waals surface area contributed by atoms with Gasteiger partial charge in [-0.1, -0.05) is 13.8 Å². The number of likely N-dealkylation sites (N-methyl/N-ethyl adjacent to an activating group) is 1. The molecule has 1 aromatic rings. The maximum atomic E-state index is 11.0. The van der Waals surface area contributed by atoms with Gasteiger partial charge in [-0.2, -0.15) is 0 Å². The van der Waals surface area contributed by atoms with Gasteiger partial charge in [0.15, 0.2) is 0 Å². The zero-order chi connectivity index (χ0) is 13.7. The molecule has 0 bridgehead atoms. The Hall–Kier alpha value is -1.62. The van der Waals surface area contributed by atoms with Crippen LogP contribution >= 0.6 is 0 Å². The molecule has 1 rings (SSSR count). The molecule has 0 saturated heterocycles. The second-order valence-corrected chi connectivity index (χ2v) is 4.73. The van der Waals surface area contributed by atoms with Gasteiger partial charge in [-0.05, 0) is 26.1 Å². The van der Waals surface area contributed by atoms with Crippen LogP contribution in [0.5, 0.6) is 5.88 Å². The first-order chi connectivity index (χ1) is 8.40. The summed E-state index contributed by atoms with van der Waals surface area (Å²) in [6.07, 6.45) is 0. The largest absolute Gasteiger partial charge is 0.478 e. The van der Waals surface area contributed by atoms with Crippen LogP contribution in [0.15, 0.2) is 12.1 Å². The highest BCUT2D eigenvalue weighted by molar-refractivity contribution is 5.88. The smallest absolute Gasteiger partial charge is 0.335 e. The van der Waals surface area contributed by atoms with E-state index >= 15 is 0 Å². The lowest BCUT2D eigenvalue weighted by atomic mass is 10.1. The summed E-state index contributed by atoms with van der Waals surface area (Å²) in [6, 6.07) is 3.05. The van der Waals surface area contributed by atoms with Crippen LogP contribution in [0.25, 0.3) is 0 Å². The first-order valence-electron chi connectivity index (χ1n) is 5.93. The topological polar surface area (TPSA) is 62.7 Å². The Morgan fingerprint density at radius 1 is 1.44 bits per heavy atom. The molecule has 0 aliphatic rings. The molecular formula is C13H20N2O3. The van der Waals surface area contributed by atoms with Gasteiger partial charge in [0.2, 0.25) is 5.88 Å². The van der Waals surface area contributed by atoms with Gasteiger partial charge >= 0.3 is 5.97 Å². The predicted molar refractivity (Wildman–Crippen MR) is 69.3 cm³/mol. The van der Waals surface area contributed by atoms with Crippen LogP contribution < -0.4 is 4.74 Å². The number of carbonyl (C=O) groups is 1. The van der Waals surface area contributed by atoms with Crippen LogP contribution in [0.3, 0.4) is 0 Å². The van der Waals surface area contributed by atoms with Crippen LogP contribution in [-0.2, 0) is 0 Å². The molecule has 0 aromatic carbocycles. The number of ether oxygens (including phenoxy) is 1. The van der Waals surface area contributed by atoms with Crippen molar-refractivity contribution < 1.29 is 14.6 Å². The van der Waals surface area contributed by atoms with E-state index in [0.717, 1.165) is 12.2 Å². The Kier molecular flexibility index (Phi) is 5.09. The molecule has 5 nitrogen and oxygen atoms in total. The van der Waals surface area contributed by atoms with Crippen molar-refractivity contribution in [2.45, 2.75) is 19.8 Å². The quantitative estimate of drug-likeness (QED) is 0.837. The lowest BCUT2D eigenvalue weighted by Gasteiger charge is -2.12. The van der Waals surface area contributed by atoms with Crippen molar-refractivity contribution in [2.75, 3.05) is 27.2 Å². The van der Waals surface area contributed by atoms with Crippen LogP contribution in [-0.4, -0.2) is 48.2 Å². The molecule has 0 saturated carbocycles. The first-order valence-corrected chi connectivity index (χ1v) is 5.93. The molecule has 0 unspecified atom stereocenters. The van der Waals surface area contributed by atoms with E-state index in [4.69, 9.17) is 9.84 Å². The third-order valence-electron chi connectivity index (χ3n) is 2.45. The molecule has 0 atom stereocenters. The number of aromatic nitrogens is 1. The Labute approximate surface area is 107 Å². The SMILES string of the molecule is CC(C)c1cc(C(=O)O)cc(OCCN(C)C)n1. The minimum absolute atomic E-state index is 0.167. The van der Waals surface area contributed by atoms with Crippen molar-refractivity contribution in [2.24, 2.45) is 0 Å². The molecule has 0 radical (unpaired) electrons. The van der Waals surface area contributed by atoms with Crippen molar-refractivity contribution in [3.05, 3.63) is 23.4 Å². The summed E-state index contributed by atoms with van der Waals surface area (Å²) >= 11 is 0. The van der Waals surface area contributed by atoms with Gasteiger partial charge in [-0.25, -0.2) is 9.78 Å². The lowest BCUT2D eigenvalue weighted by Crippen LogP contribution is -2.20. The molecule has 0 spiro atoms. The number of nitrogens with zero attached hydrogens (tertiary/aromatic N) is 2. The Balaban J connectivity index is 2.86. The number of pyridine rings is 1. The third-order valence-corrected chi connectivity index (χ3v) is 2.45. The van der Waals surface area contributed by atoms with Gasteiger partial charge in [-0.15, -0.1) is 0 Å². The van der Waals surface area contributed by atoms with Gasteiger partial charge in [-0.3, -0.25) is 0 Å². The summed E-state index contributed by atoms with van der Waals surface area (Å²) in [5.41, 5.74) is 0.948. The second kappa shape index (κ2) is 6.35. The summed E-state index contributed by atoms with van der Waals surface area (Å²) in [4.78, 5) is 17.3. The highest BCUT2D eigenvalue weighted by Gasteiger charge is 2.11. The Morgan fingerprint density at radius 2 is 2.11 bits per heavy atom. The van der Waals surface area contributed by atoms with Gasteiger partial charge in [0.25, 0.3) is 0 Å². The molecule has 18 heavy (non-hydrogen) atoms. The Morgan fingerprint density at radius 3 is 2.61 bits per heavy atom. The maximum absolute atomic E-state index is 11.0. The molecule has 0 amide bonds. The molecule has 0 aliphatic heterocycles. The highest BCUT2D eigenvalue weighted by Crippen LogP contribution is 2.19. The van der Waals surface area contributed by atoms with Gasteiger partial charge in [0, 0.05) is 18.3 Å². The maximum Gasteiger partial charge on any atom is 0.335 e. The zero-order valence-electron chi connectivity index (χ0n) is 11.3. The Bertz CT molecular complexity index is 417. The fourth-order valence-corrected chi connectivity index (χ4v) is 1.35. The highest BCUT2D eigenvalue weighted by atomic mass is 16.5. The normalized spacial score (nSPS) is 11.0. The van der Waals surface area contributed by atoms with Crippen molar-refractivity contribution in [1.29, 1.82) is 0 Å². The van der Waals surface area contributed by atoms with Crippen LogP contribution in [0.1, 0.15) is 35.8 Å². The number of hydrogen-bond donors (Lipinski definition) is 1. The molecule has 100 valence electrons. The second-order valence-electron chi connectivity index (χ2n) is 4.73. The van der Waals surface area contributed by atoms with E-state index in [1.165, 1.54) is 6.07 Å². The van der Waals surface area contributed by atoms with E-state index in [0.29, 0.717) is 12.5 Å². The standard InChI is InChI=1S/C13H20N2O3/c1-9(2)11-7-10(13(16)17)8-12(14-11)18-6-5-15(3)4/h7-9H,5-6H2,1-4H3,(H,16,17). The number of aromatic carboxylic acids is 1. The van der Waals surface area contributed by atoms with Crippen LogP contribution in [0, 0.1) is 0 Å². The minimum Gasteiger partial charge on any atom is -0.478 e. The third kappa shape index (κ3) is 4.33. The molecule has 0 aliphatic carbocycles. The van der Waals surface area contributed by atoms with Crippen molar-refractivity contribution in [3.63, 3.8) is 0 Å². The zero-order valence-corrected chi connectivity index (χ0v) is 11.3. The lowest BCUT2D eigenvalue weighted by molar-refractivity contribution is 0.0696. The number of rotatable bonds is 6. The summed E-state index contributed by atoms with van der Waals surface area (Å²) in [6.45, 7) is 5.19. The van der Waals surface area contributed by atoms with E-state index in [1.54, 1.807) is 6.07 Å². The average Bonchev–Trinajstić information content (AvgIpc) is 2.28. The van der Waals surface area contributed by atoms with Gasteiger partial charge < -0.3 is 14.7 Å². The number of hydrogen-bond acceptors (Lipinski definition) is 4. The molecule has 1 heterocycles. The first kappa shape index (κ1) is 14.4. The number of carboxylic acid groups (broad SMARTS) is 1.